The maximum absolute atomic E-state index is 9.27. The zero-order valence-corrected chi connectivity index (χ0v) is 19.6. The van der Waals surface area contributed by atoms with Crippen LogP contribution in [0.2, 0.25) is 0 Å². The summed E-state index contributed by atoms with van der Waals surface area (Å²) in [7, 11) is 0. The molecule has 0 saturated heterocycles. The molecule has 0 radical (unpaired) electrons. The predicted molar refractivity (Wildman–Crippen MR) is 138 cm³/mol. The SMILES string of the molecule is C=C1N=c2[nH]c(-c3ccc(CO)cc3)cc2=CN1c1ccc(CN(CCCN)CCCN)cc1. The fourth-order valence-electron chi connectivity index (χ4n) is 4.14. The lowest BCUT2D eigenvalue weighted by Gasteiger charge is -2.24. The maximum atomic E-state index is 9.27. The lowest BCUT2D eigenvalue weighted by atomic mass is 10.1. The second-order valence-corrected chi connectivity index (χ2v) is 8.60. The number of fused-ring (bicyclic) bond motifs is 1. The number of aromatic amines is 1. The van der Waals surface area contributed by atoms with Gasteiger partial charge in [0, 0.05) is 29.3 Å². The summed E-state index contributed by atoms with van der Waals surface area (Å²) < 4.78 is 0. The van der Waals surface area contributed by atoms with Crippen molar-refractivity contribution in [2.75, 3.05) is 31.1 Å². The summed E-state index contributed by atoms with van der Waals surface area (Å²) in [4.78, 5) is 12.5. The molecule has 0 aliphatic carbocycles. The minimum Gasteiger partial charge on any atom is -0.392 e. The molecule has 0 fully saturated rings. The molecule has 0 unspecified atom stereocenters. The van der Waals surface area contributed by atoms with Crippen LogP contribution < -0.4 is 27.1 Å². The van der Waals surface area contributed by atoms with Gasteiger partial charge in [0.15, 0.2) is 0 Å². The van der Waals surface area contributed by atoms with E-state index in [0.29, 0.717) is 18.9 Å². The molecule has 0 atom stereocenters. The zero-order chi connectivity index (χ0) is 23.9. The summed E-state index contributed by atoms with van der Waals surface area (Å²) in [5, 5.41) is 10.3. The van der Waals surface area contributed by atoms with E-state index in [2.05, 4.69) is 53.0 Å². The summed E-state index contributed by atoms with van der Waals surface area (Å²) in [5.74, 6) is 0.664. The van der Waals surface area contributed by atoms with E-state index in [4.69, 9.17) is 16.5 Å². The highest BCUT2D eigenvalue weighted by atomic mass is 16.3. The highest BCUT2D eigenvalue weighted by Gasteiger charge is 2.14. The number of anilines is 1. The van der Waals surface area contributed by atoms with E-state index in [9.17, 15) is 5.11 Å². The van der Waals surface area contributed by atoms with Gasteiger partial charge in [-0.3, -0.25) is 4.90 Å². The number of hydrogen-bond acceptors (Lipinski definition) is 6. The molecular weight excluding hydrogens is 424 g/mol. The number of nitrogens with two attached hydrogens (primary N) is 2. The van der Waals surface area contributed by atoms with Gasteiger partial charge in [0.25, 0.3) is 0 Å². The van der Waals surface area contributed by atoms with Crippen molar-refractivity contribution in [2.24, 2.45) is 16.5 Å². The Morgan fingerprint density at radius 3 is 2.21 bits per heavy atom. The van der Waals surface area contributed by atoms with Crippen LogP contribution in [0.5, 0.6) is 0 Å². The van der Waals surface area contributed by atoms with Crippen molar-refractivity contribution in [1.82, 2.24) is 9.88 Å². The molecule has 2 aromatic carbocycles. The van der Waals surface area contributed by atoms with Gasteiger partial charge in [0.1, 0.15) is 11.3 Å². The Balaban J connectivity index is 1.51. The predicted octanol–water partition coefficient (Wildman–Crippen LogP) is 2.02. The molecule has 0 amide bonds. The molecule has 1 aliphatic heterocycles. The van der Waals surface area contributed by atoms with E-state index in [0.717, 1.165) is 65.7 Å². The number of aliphatic hydroxyl groups excluding tert-OH is 1. The van der Waals surface area contributed by atoms with Crippen LogP contribution in [0.3, 0.4) is 0 Å². The molecule has 0 saturated carbocycles. The van der Waals surface area contributed by atoms with Crippen LogP contribution in [-0.4, -0.2) is 41.2 Å². The fraction of sp³-hybridized carbons (Fsp3) is 0.296. The molecule has 2 heterocycles. The lowest BCUT2D eigenvalue weighted by molar-refractivity contribution is 0.262. The lowest BCUT2D eigenvalue weighted by Crippen LogP contribution is -2.33. The average Bonchev–Trinajstić information content (AvgIpc) is 3.28. The summed E-state index contributed by atoms with van der Waals surface area (Å²) in [6.45, 7) is 8.45. The maximum Gasteiger partial charge on any atom is 0.141 e. The Morgan fingerprint density at radius 2 is 1.59 bits per heavy atom. The highest BCUT2D eigenvalue weighted by molar-refractivity contribution is 5.67. The molecular formula is C27H34N6O. The Morgan fingerprint density at radius 1 is 0.941 bits per heavy atom. The van der Waals surface area contributed by atoms with Crippen LogP contribution in [0.15, 0.2) is 72.0 Å². The molecule has 178 valence electrons. The first-order chi connectivity index (χ1) is 16.6. The van der Waals surface area contributed by atoms with Gasteiger partial charge >= 0.3 is 0 Å². The van der Waals surface area contributed by atoms with Crippen molar-refractivity contribution in [2.45, 2.75) is 26.0 Å². The van der Waals surface area contributed by atoms with Gasteiger partial charge in [-0.2, -0.15) is 0 Å². The minimum absolute atomic E-state index is 0.0393. The van der Waals surface area contributed by atoms with E-state index >= 15 is 0 Å². The topological polar surface area (TPSA) is 107 Å². The number of nitrogens with one attached hydrogen (secondary N) is 1. The first kappa shape index (κ1) is 23.9. The van der Waals surface area contributed by atoms with Crippen LogP contribution >= 0.6 is 0 Å². The van der Waals surface area contributed by atoms with Gasteiger partial charge in [0.05, 0.1) is 6.61 Å². The van der Waals surface area contributed by atoms with Gasteiger partial charge in [-0.1, -0.05) is 43.0 Å². The van der Waals surface area contributed by atoms with Crippen molar-refractivity contribution >= 4 is 11.9 Å². The van der Waals surface area contributed by atoms with E-state index in [-0.39, 0.29) is 6.61 Å². The first-order valence-corrected chi connectivity index (χ1v) is 11.8. The number of aromatic nitrogens is 1. The Hall–Kier alpha value is -3.23. The van der Waals surface area contributed by atoms with E-state index in [1.165, 1.54) is 5.56 Å². The summed E-state index contributed by atoms with van der Waals surface area (Å²) >= 11 is 0. The second-order valence-electron chi connectivity index (χ2n) is 8.60. The largest absolute Gasteiger partial charge is 0.392 e. The third kappa shape index (κ3) is 5.63. The molecule has 3 aromatic rings. The van der Waals surface area contributed by atoms with E-state index in [1.807, 2.05) is 29.2 Å². The average molecular weight is 459 g/mol. The summed E-state index contributed by atoms with van der Waals surface area (Å²) in [6.07, 6.45) is 4.04. The Kier molecular flexibility index (Phi) is 7.92. The van der Waals surface area contributed by atoms with Crippen molar-refractivity contribution in [3.8, 4) is 11.3 Å². The van der Waals surface area contributed by atoms with Crippen molar-refractivity contribution in [1.29, 1.82) is 0 Å². The van der Waals surface area contributed by atoms with Gasteiger partial charge < -0.3 is 26.5 Å². The smallest absolute Gasteiger partial charge is 0.141 e. The van der Waals surface area contributed by atoms with Crippen molar-refractivity contribution in [3.05, 3.63) is 88.8 Å². The van der Waals surface area contributed by atoms with E-state index in [1.54, 1.807) is 0 Å². The van der Waals surface area contributed by atoms with E-state index < -0.39 is 0 Å². The molecule has 34 heavy (non-hydrogen) atoms. The Labute approximate surface area is 200 Å². The molecule has 7 heteroatoms. The number of aliphatic hydroxyl groups is 1. The third-order valence-corrected chi connectivity index (χ3v) is 6.04. The molecule has 0 spiro atoms. The first-order valence-electron chi connectivity index (χ1n) is 11.8. The fourth-order valence-corrected chi connectivity index (χ4v) is 4.14. The molecule has 1 aromatic heterocycles. The minimum atomic E-state index is 0.0393. The molecule has 1 aliphatic rings. The highest BCUT2D eigenvalue weighted by Crippen LogP contribution is 2.23. The molecule has 7 nitrogen and oxygen atoms in total. The van der Waals surface area contributed by atoms with Crippen LogP contribution in [0, 0.1) is 0 Å². The third-order valence-electron chi connectivity index (χ3n) is 6.04. The number of rotatable bonds is 11. The molecule has 4 rings (SSSR count). The second kappa shape index (κ2) is 11.3. The van der Waals surface area contributed by atoms with Crippen molar-refractivity contribution in [3.63, 3.8) is 0 Å². The number of hydrogen-bond donors (Lipinski definition) is 4. The van der Waals surface area contributed by atoms with Gasteiger partial charge in [-0.15, -0.1) is 0 Å². The standard InChI is InChI=1S/C27H34N6O/c1-20-30-27-24(16-26(31-27)23-8-4-22(19-34)5-9-23)18-33(20)25-10-6-21(7-11-25)17-32(14-2-12-28)15-3-13-29/h4-11,16,18,34H,1-3,12-15,17,19,28-29H2,(H,30,31). The zero-order valence-electron chi connectivity index (χ0n) is 19.6. The Bertz CT molecular complexity index is 1210. The van der Waals surface area contributed by atoms with Crippen LogP contribution in [0.4, 0.5) is 5.69 Å². The summed E-state index contributed by atoms with van der Waals surface area (Å²) in [5.41, 5.74) is 17.4. The number of nitrogens with zero attached hydrogens (tertiary/aromatic N) is 3. The van der Waals surface area contributed by atoms with Gasteiger partial charge in [-0.25, -0.2) is 4.99 Å². The van der Waals surface area contributed by atoms with Crippen LogP contribution in [0.25, 0.3) is 17.5 Å². The monoisotopic (exact) mass is 458 g/mol. The number of H-pyrrole nitrogens is 1. The summed E-state index contributed by atoms with van der Waals surface area (Å²) in [6, 6.07) is 18.5. The van der Waals surface area contributed by atoms with Crippen molar-refractivity contribution < 1.29 is 5.11 Å². The quantitative estimate of drug-likeness (QED) is 0.352. The van der Waals surface area contributed by atoms with Gasteiger partial charge in [0.2, 0.25) is 0 Å². The molecule has 0 bridgehead atoms. The number of benzene rings is 2. The normalized spacial score (nSPS) is 13.1. The molecule has 6 N–H and O–H groups in total. The van der Waals surface area contributed by atoms with Crippen LogP contribution in [-0.2, 0) is 13.2 Å². The van der Waals surface area contributed by atoms with Crippen LogP contribution in [0.1, 0.15) is 24.0 Å². The van der Waals surface area contributed by atoms with Gasteiger partial charge in [-0.05, 0) is 73.9 Å².